The highest BCUT2D eigenvalue weighted by Crippen LogP contribution is 2.21. The first kappa shape index (κ1) is 17.2. The number of hydrogen-bond acceptors (Lipinski definition) is 7. The molecule has 0 saturated heterocycles. The van der Waals surface area contributed by atoms with Crippen molar-refractivity contribution in [3.05, 3.63) is 47.8 Å². The summed E-state index contributed by atoms with van der Waals surface area (Å²) in [4.78, 5) is 25.1. The monoisotopic (exact) mass is 388 g/mol. The van der Waals surface area contributed by atoms with E-state index in [4.69, 9.17) is 11.6 Å². The van der Waals surface area contributed by atoms with Gasteiger partial charge in [-0.3, -0.25) is 29.9 Å². The summed E-state index contributed by atoms with van der Waals surface area (Å²) in [5.41, 5.74) is 3.41. The lowest BCUT2D eigenvalue weighted by molar-refractivity contribution is -0.119. The van der Waals surface area contributed by atoms with Crippen LogP contribution in [0, 0.1) is 5.82 Å². The fourth-order valence-corrected chi connectivity index (χ4v) is 2.90. The number of aryl methyl sites for hydroxylation is 1. The fraction of sp³-hybridized carbons (Fsp3) is 0.188. The van der Waals surface area contributed by atoms with Crippen LogP contribution >= 0.6 is 11.6 Å². The summed E-state index contributed by atoms with van der Waals surface area (Å²) in [5, 5.41) is 8.53. The van der Waals surface area contributed by atoms with Crippen molar-refractivity contribution in [2.75, 3.05) is 11.9 Å². The highest BCUT2D eigenvalue weighted by Gasteiger charge is 2.38. The van der Waals surface area contributed by atoms with Crippen molar-refractivity contribution in [2.45, 2.75) is 6.04 Å². The molecule has 138 valence electrons. The van der Waals surface area contributed by atoms with Gasteiger partial charge in [-0.15, -0.1) is 0 Å². The van der Waals surface area contributed by atoms with Crippen LogP contribution in [0.5, 0.6) is 0 Å². The maximum Gasteiger partial charge on any atom is 0.251 e. The number of amidine groups is 1. The van der Waals surface area contributed by atoms with Crippen LogP contribution < -0.4 is 10.7 Å². The lowest BCUT2D eigenvalue weighted by atomic mass is 10.2. The Hall–Kier alpha value is -3.27. The van der Waals surface area contributed by atoms with Crippen molar-refractivity contribution in [2.24, 2.45) is 17.0 Å². The number of fused-ring (bicyclic) bond motifs is 1. The zero-order chi connectivity index (χ0) is 19.0. The molecule has 1 atom stereocenters. The van der Waals surface area contributed by atoms with Crippen molar-refractivity contribution in [1.82, 2.24) is 25.2 Å². The predicted molar refractivity (Wildman–Crippen MR) is 98.1 cm³/mol. The minimum atomic E-state index is -0.719. The summed E-state index contributed by atoms with van der Waals surface area (Å²) >= 11 is 6.15. The molecule has 2 N–H and O–H groups in total. The first-order valence-corrected chi connectivity index (χ1v) is 8.35. The van der Waals surface area contributed by atoms with Crippen molar-refractivity contribution in [3.63, 3.8) is 0 Å². The van der Waals surface area contributed by atoms with E-state index in [1.807, 2.05) is 0 Å². The van der Waals surface area contributed by atoms with E-state index in [9.17, 15) is 9.18 Å². The Kier molecular flexibility index (Phi) is 4.32. The quantitative estimate of drug-likeness (QED) is 0.773. The van der Waals surface area contributed by atoms with Crippen molar-refractivity contribution >= 4 is 40.6 Å². The Morgan fingerprint density at radius 2 is 2.33 bits per heavy atom. The number of aromatic nitrogens is 3. The van der Waals surface area contributed by atoms with E-state index in [1.165, 1.54) is 17.3 Å². The van der Waals surface area contributed by atoms with Gasteiger partial charge in [0, 0.05) is 31.6 Å². The predicted octanol–water partition coefficient (Wildman–Crippen LogP) is 1.35. The van der Waals surface area contributed by atoms with Gasteiger partial charge in [-0.2, -0.15) is 5.10 Å². The van der Waals surface area contributed by atoms with Crippen LogP contribution in [0.4, 0.5) is 15.9 Å². The van der Waals surface area contributed by atoms with Gasteiger partial charge in [0.05, 0.1) is 18.4 Å². The molecule has 0 saturated carbocycles. The van der Waals surface area contributed by atoms with Crippen molar-refractivity contribution in [3.8, 4) is 0 Å². The molecule has 0 bridgehead atoms. The van der Waals surface area contributed by atoms with Crippen LogP contribution in [0.2, 0.25) is 0 Å². The molecule has 0 spiro atoms. The number of halogens is 2. The topological polar surface area (TPSA) is 99.8 Å². The molecular weight excluding hydrogens is 375 g/mol. The van der Waals surface area contributed by atoms with E-state index < -0.39 is 17.8 Å². The van der Waals surface area contributed by atoms with E-state index in [2.05, 4.69) is 30.8 Å². The summed E-state index contributed by atoms with van der Waals surface area (Å²) in [7, 11) is 1.78. The van der Waals surface area contributed by atoms with Gasteiger partial charge >= 0.3 is 0 Å². The molecule has 0 radical (unpaired) electrons. The SMILES string of the molecule is Cn1ccc(N=C2C=C(Cl)NN3C2=NCC3C(=O)Nc2ccncc2F)n1. The normalized spacial score (nSPS) is 20.0. The van der Waals surface area contributed by atoms with E-state index in [-0.39, 0.29) is 17.4 Å². The average molecular weight is 389 g/mol. The minimum Gasteiger partial charge on any atom is -0.322 e. The summed E-state index contributed by atoms with van der Waals surface area (Å²) in [6.45, 7) is 0.167. The number of rotatable bonds is 3. The molecule has 0 aromatic carbocycles. The number of nitrogens with zero attached hydrogens (tertiary/aromatic N) is 6. The number of carbonyl (C=O) groups is 1. The summed E-state index contributed by atoms with van der Waals surface area (Å²) in [6, 6.07) is 2.41. The molecule has 2 aromatic heterocycles. The van der Waals surface area contributed by atoms with Gasteiger partial charge < -0.3 is 5.32 Å². The summed E-state index contributed by atoms with van der Waals surface area (Å²) in [6.07, 6.45) is 5.79. The van der Waals surface area contributed by atoms with Crippen molar-refractivity contribution in [1.29, 1.82) is 0 Å². The van der Waals surface area contributed by atoms with Crippen LogP contribution in [-0.2, 0) is 11.8 Å². The third-order valence-electron chi connectivity index (χ3n) is 3.94. The van der Waals surface area contributed by atoms with Crippen LogP contribution in [0.3, 0.4) is 0 Å². The lowest BCUT2D eigenvalue weighted by Gasteiger charge is -2.30. The van der Waals surface area contributed by atoms with Gasteiger partial charge in [0.15, 0.2) is 23.5 Å². The van der Waals surface area contributed by atoms with E-state index >= 15 is 0 Å². The third-order valence-corrected chi connectivity index (χ3v) is 4.13. The number of hydrogen-bond donors (Lipinski definition) is 2. The highest BCUT2D eigenvalue weighted by molar-refractivity contribution is 6.49. The Bertz CT molecular complexity index is 998. The second-order valence-corrected chi connectivity index (χ2v) is 6.25. The summed E-state index contributed by atoms with van der Waals surface area (Å²) < 4.78 is 15.4. The molecule has 9 nitrogen and oxygen atoms in total. The number of pyridine rings is 1. The van der Waals surface area contributed by atoms with Gasteiger partial charge in [0.1, 0.15) is 10.9 Å². The molecule has 2 aliphatic heterocycles. The molecule has 4 rings (SSSR count). The van der Waals surface area contributed by atoms with E-state index in [1.54, 1.807) is 30.1 Å². The fourth-order valence-electron chi connectivity index (χ4n) is 2.71. The molecule has 1 amide bonds. The molecule has 0 aliphatic carbocycles. The number of aliphatic imine (C=N–C) groups is 2. The first-order chi connectivity index (χ1) is 13.0. The van der Waals surface area contributed by atoms with E-state index in [0.29, 0.717) is 17.4 Å². The highest BCUT2D eigenvalue weighted by atomic mass is 35.5. The van der Waals surface area contributed by atoms with Gasteiger partial charge in [-0.1, -0.05) is 11.6 Å². The zero-order valence-corrected chi connectivity index (χ0v) is 14.9. The van der Waals surface area contributed by atoms with Gasteiger partial charge in [-0.25, -0.2) is 9.38 Å². The molecule has 2 aliphatic rings. The van der Waals surface area contributed by atoms with Crippen molar-refractivity contribution < 1.29 is 9.18 Å². The molecular formula is C16H14ClFN8O. The third kappa shape index (κ3) is 3.38. The largest absolute Gasteiger partial charge is 0.322 e. The Balaban J connectivity index is 1.57. The minimum absolute atomic E-state index is 0.0458. The standard InChI is InChI=1S/C16H14ClFN8O/c1-25-5-3-14(24-25)21-11-6-13(17)23-26-12(8-20-15(11)26)16(27)22-10-2-4-19-7-9(10)18/h2-7,12,23H,8H2,1H3,(H,19,22,27). The van der Waals surface area contributed by atoms with Crippen LogP contribution in [0.15, 0.2) is 51.9 Å². The Morgan fingerprint density at radius 1 is 1.48 bits per heavy atom. The molecule has 27 heavy (non-hydrogen) atoms. The molecule has 2 aromatic rings. The first-order valence-electron chi connectivity index (χ1n) is 7.98. The second kappa shape index (κ2) is 6.80. The molecule has 1 unspecified atom stereocenters. The maximum atomic E-state index is 13.7. The number of hydrazine groups is 1. The number of amides is 1. The van der Waals surface area contributed by atoms with Gasteiger partial charge in [0.2, 0.25) is 0 Å². The number of anilines is 1. The molecule has 4 heterocycles. The lowest BCUT2D eigenvalue weighted by Crippen LogP contribution is -2.54. The van der Waals surface area contributed by atoms with E-state index in [0.717, 1.165) is 6.20 Å². The zero-order valence-electron chi connectivity index (χ0n) is 14.1. The van der Waals surface area contributed by atoms with Gasteiger partial charge in [-0.05, 0) is 6.07 Å². The van der Waals surface area contributed by atoms with Crippen LogP contribution in [0.1, 0.15) is 0 Å². The Morgan fingerprint density at radius 3 is 3.07 bits per heavy atom. The van der Waals surface area contributed by atoms with Gasteiger partial charge in [0.25, 0.3) is 5.91 Å². The number of carbonyl (C=O) groups excluding carboxylic acids is 1. The van der Waals surface area contributed by atoms with Crippen LogP contribution in [-0.4, -0.2) is 49.8 Å². The average Bonchev–Trinajstić information content (AvgIpc) is 3.23. The Labute approximate surface area is 158 Å². The molecule has 11 heteroatoms. The second-order valence-electron chi connectivity index (χ2n) is 5.84. The summed E-state index contributed by atoms with van der Waals surface area (Å²) in [5.74, 6) is -0.105. The molecule has 0 fully saturated rings. The number of nitrogens with one attached hydrogen (secondary N) is 2. The maximum absolute atomic E-state index is 13.7. The smallest absolute Gasteiger partial charge is 0.251 e. The van der Waals surface area contributed by atoms with Crippen LogP contribution in [0.25, 0.3) is 0 Å².